The van der Waals surface area contributed by atoms with E-state index in [0.29, 0.717) is 11.8 Å². The zero-order chi connectivity index (χ0) is 18.9. The number of hydrogen-bond acceptors (Lipinski definition) is 4. The highest BCUT2D eigenvalue weighted by molar-refractivity contribution is 5.77. The van der Waals surface area contributed by atoms with Crippen LogP contribution in [0.4, 0.5) is 0 Å². The van der Waals surface area contributed by atoms with Crippen LogP contribution in [0.5, 0.6) is 0 Å². The van der Waals surface area contributed by atoms with E-state index in [-0.39, 0.29) is 12.1 Å². The fourth-order valence-corrected chi connectivity index (χ4v) is 3.98. The second-order valence-electron chi connectivity index (χ2n) is 7.61. The number of nitrogens with zero attached hydrogens (tertiary/aromatic N) is 1. The van der Waals surface area contributed by atoms with E-state index in [1.165, 1.54) is 6.42 Å². The zero-order valence-corrected chi connectivity index (χ0v) is 16.9. The summed E-state index contributed by atoms with van der Waals surface area (Å²) in [6, 6.07) is 9.55. The van der Waals surface area contributed by atoms with Gasteiger partial charge < -0.3 is 9.64 Å². The van der Waals surface area contributed by atoms with Crippen LogP contribution in [-0.4, -0.2) is 43.2 Å². The Morgan fingerprint density at radius 3 is 2.35 bits per heavy atom. The molecule has 0 bridgehead atoms. The third kappa shape index (κ3) is 5.82. The smallest absolute Gasteiger partial charge is 0.328 e. The van der Waals surface area contributed by atoms with Gasteiger partial charge in [0, 0.05) is 13.1 Å². The van der Waals surface area contributed by atoms with Crippen molar-refractivity contribution in [3.63, 3.8) is 0 Å². The third-order valence-corrected chi connectivity index (χ3v) is 5.73. The first-order valence-electron chi connectivity index (χ1n) is 10.3. The number of likely N-dealkylation sites (N-methyl/N-ethyl adjacent to an activating group) is 1. The van der Waals surface area contributed by atoms with Crippen LogP contribution in [0.15, 0.2) is 30.3 Å². The molecule has 3 atom stereocenters. The van der Waals surface area contributed by atoms with Crippen molar-refractivity contribution in [1.82, 2.24) is 10.2 Å². The summed E-state index contributed by atoms with van der Waals surface area (Å²) < 4.78 is 6.03. The first kappa shape index (κ1) is 20.9. The van der Waals surface area contributed by atoms with E-state index >= 15 is 0 Å². The van der Waals surface area contributed by atoms with Gasteiger partial charge in [-0.15, -0.1) is 0 Å². The molecule has 4 heteroatoms. The molecule has 1 aliphatic carbocycles. The van der Waals surface area contributed by atoms with E-state index in [4.69, 9.17) is 4.74 Å². The number of carbonyl (C=O) groups is 1. The molecule has 0 heterocycles. The molecule has 2 rings (SSSR count). The first-order valence-corrected chi connectivity index (χ1v) is 10.3. The topological polar surface area (TPSA) is 41.6 Å². The van der Waals surface area contributed by atoms with E-state index in [1.807, 2.05) is 30.3 Å². The maximum atomic E-state index is 13.0. The Morgan fingerprint density at radius 1 is 1.15 bits per heavy atom. The van der Waals surface area contributed by atoms with Crippen LogP contribution in [0.3, 0.4) is 0 Å². The molecule has 1 aromatic rings. The molecule has 0 radical (unpaired) electrons. The molecular formula is C22H36N2O2. The van der Waals surface area contributed by atoms with Gasteiger partial charge in [0.05, 0.1) is 0 Å². The highest BCUT2D eigenvalue weighted by Crippen LogP contribution is 2.32. The maximum absolute atomic E-state index is 13.0. The number of rotatable bonds is 9. The van der Waals surface area contributed by atoms with Crippen LogP contribution in [0.25, 0.3) is 0 Å². The Morgan fingerprint density at radius 2 is 1.77 bits per heavy atom. The van der Waals surface area contributed by atoms with Crippen LogP contribution in [-0.2, 0) is 9.53 Å². The average molecular weight is 361 g/mol. The quantitative estimate of drug-likeness (QED) is 0.675. The van der Waals surface area contributed by atoms with Gasteiger partial charge >= 0.3 is 5.97 Å². The summed E-state index contributed by atoms with van der Waals surface area (Å²) in [6.07, 6.45) is 3.56. The number of esters is 1. The Kier molecular flexibility index (Phi) is 8.60. The van der Waals surface area contributed by atoms with Gasteiger partial charge in [-0.2, -0.15) is 0 Å². The predicted molar refractivity (Wildman–Crippen MR) is 107 cm³/mol. The lowest BCUT2D eigenvalue weighted by Gasteiger charge is -2.35. The molecule has 0 amide bonds. The maximum Gasteiger partial charge on any atom is 0.328 e. The molecule has 4 nitrogen and oxygen atoms in total. The summed E-state index contributed by atoms with van der Waals surface area (Å²) in [4.78, 5) is 15.4. The molecule has 0 aliphatic heterocycles. The van der Waals surface area contributed by atoms with Crippen LogP contribution in [0, 0.1) is 11.8 Å². The summed E-state index contributed by atoms with van der Waals surface area (Å²) in [5.41, 5.74) is 0.980. The molecule has 0 saturated heterocycles. The molecule has 1 fully saturated rings. The van der Waals surface area contributed by atoms with Crippen molar-refractivity contribution in [3.05, 3.63) is 35.9 Å². The molecule has 0 spiro atoms. The van der Waals surface area contributed by atoms with Crippen molar-refractivity contribution < 1.29 is 9.53 Å². The summed E-state index contributed by atoms with van der Waals surface area (Å²) in [5.74, 6) is 0.742. The predicted octanol–water partition coefficient (Wildman–Crippen LogP) is 4.03. The minimum Gasteiger partial charge on any atom is -0.460 e. The van der Waals surface area contributed by atoms with Crippen LogP contribution in [0.1, 0.15) is 58.6 Å². The molecule has 1 aromatic carbocycles. The Hall–Kier alpha value is -1.39. The van der Waals surface area contributed by atoms with Crippen molar-refractivity contribution >= 4 is 5.97 Å². The monoisotopic (exact) mass is 360 g/mol. The number of hydrogen-bond donors (Lipinski definition) is 1. The second kappa shape index (κ2) is 10.7. The minimum absolute atomic E-state index is 0.0343. The summed E-state index contributed by atoms with van der Waals surface area (Å²) in [5, 5.41) is 3.44. The molecule has 1 saturated carbocycles. The number of carbonyl (C=O) groups excluding carboxylic acids is 1. The first-order chi connectivity index (χ1) is 12.6. The van der Waals surface area contributed by atoms with Crippen LogP contribution in [0.2, 0.25) is 0 Å². The van der Waals surface area contributed by atoms with Gasteiger partial charge in [-0.1, -0.05) is 64.4 Å². The van der Waals surface area contributed by atoms with Gasteiger partial charge in [-0.05, 0) is 43.3 Å². The Labute approximate surface area is 159 Å². The van der Waals surface area contributed by atoms with E-state index in [1.54, 1.807) is 0 Å². The van der Waals surface area contributed by atoms with Gasteiger partial charge in [-0.3, -0.25) is 5.32 Å². The lowest BCUT2D eigenvalue weighted by atomic mass is 9.80. The SMILES string of the molecule is CCN(CC)CCNC(C(=O)OC1C(C)CCCC1C)c1ccccc1. The summed E-state index contributed by atoms with van der Waals surface area (Å²) >= 11 is 0. The molecule has 0 aromatic heterocycles. The van der Waals surface area contributed by atoms with Crippen molar-refractivity contribution in [3.8, 4) is 0 Å². The molecule has 1 N–H and O–H groups in total. The van der Waals surface area contributed by atoms with Gasteiger partial charge in [0.25, 0.3) is 0 Å². The second-order valence-corrected chi connectivity index (χ2v) is 7.61. The highest BCUT2D eigenvalue weighted by atomic mass is 16.5. The fourth-order valence-electron chi connectivity index (χ4n) is 3.98. The van der Waals surface area contributed by atoms with E-state index in [2.05, 4.69) is 37.9 Å². The standard InChI is InChI=1S/C22H36N2O2/c1-5-24(6-2)16-15-23-20(19-13-8-7-9-14-19)22(25)26-21-17(3)11-10-12-18(21)4/h7-9,13-14,17-18,20-21,23H,5-6,10-12,15-16H2,1-4H3. The van der Waals surface area contributed by atoms with Crippen molar-refractivity contribution in [2.75, 3.05) is 26.2 Å². The molecule has 26 heavy (non-hydrogen) atoms. The molecule has 3 unspecified atom stereocenters. The van der Waals surface area contributed by atoms with E-state index < -0.39 is 6.04 Å². The summed E-state index contributed by atoms with van der Waals surface area (Å²) in [6.45, 7) is 12.5. The molecule has 1 aliphatic rings. The van der Waals surface area contributed by atoms with Gasteiger partial charge in [0.1, 0.15) is 12.1 Å². The fraction of sp³-hybridized carbons (Fsp3) is 0.682. The molecular weight excluding hydrogens is 324 g/mol. The Bertz CT molecular complexity index is 520. The van der Waals surface area contributed by atoms with E-state index in [9.17, 15) is 4.79 Å². The lowest BCUT2D eigenvalue weighted by molar-refractivity contribution is -0.159. The van der Waals surface area contributed by atoms with Crippen LogP contribution < -0.4 is 5.32 Å². The number of nitrogens with one attached hydrogen (secondary N) is 1. The van der Waals surface area contributed by atoms with E-state index in [0.717, 1.165) is 44.6 Å². The summed E-state index contributed by atoms with van der Waals surface area (Å²) in [7, 11) is 0. The normalized spacial score (nSPS) is 24.4. The third-order valence-electron chi connectivity index (χ3n) is 5.73. The zero-order valence-electron chi connectivity index (χ0n) is 16.9. The average Bonchev–Trinajstić information content (AvgIpc) is 2.65. The largest absolute Gasteiger partial charge is 0.460 e. The van der Waals surface area contributed by atoms with Crippen molar-refractivity contribution in [1.29, 1.82) is 0 Å². The van der Waals surface area contributed by atoms with Crippen LogP contribution >= 0.6 is 0 Å². The Balaban J connectivity index is 2.04. The van der Waals surface area contributed by atoms with Crippen molar-refractivity contribution in [2.45, 2.75) is 59.1 Å². The van der Waals surface area contributed by atoms with Gasteiger partial charge in [0.2, 0.25) is 0 Å². The highest BCUT2D eigenvalue weighted by Gasteiger charge is 2.33. The molecule has 146 valence electrons. The number of benzene rings is 1. The number of ether oxygens (including phenoxy) is 1. The minimum atomic E-state index is -0.395. The lowest BCUT2D eigenvalue weighted by Crippen LogP contribution is -2.41. The van der Waals surface area contributed by atoms with Gasteiger partial charge in [-0.25, -0.2) is 4.79 Å². The van der Waals surface area contributed by atoms with Crippen molar-refractivity contribution in [2.24, 2.45) is 11.8 Å². The van der Waals surface area contributed by atoms with Gasteiger partial charge in [0.15, 0.2) is 0 Å².